The molecule has 20 heavy (non-hydrogen) atoms. The lowest BCUT2D eigenvalue weighted by atomic mass is 10.2. The maximum atomic E-state index is 4.69. The van der Waals surface area contributed by atoms with Crippen LogP contribution in [-0.2, 0) is 0 Å². The number of aromatic amines is 1. The maximum absolute atomic E-state index is 4.69. The molecular formula is C16H12N4. The monoisotopic (exact) mass is 260 g/mol. The molecule has 4 nitrogen and oxygen atoms in total. The average molecular weight is 260 g/mol. The summed E-state index contributed by atoms with van der Waals surface area (Å²) in [6.45, 7) is 0. The van der Waals surface area contributed by atoms with Crippen LogP contribution in [0.15, 0.2) is 60.9 Å². The lowest BCUT2D eigenvalue weighted by molar-refractivity contribution is 1.33. The fourth-order valence-electron chi connectivity index (χ4n) is 2.38. The van der Waals surface area contributed by atoms with Gasteiger partial charge in [-0.3, -0.25) is 0 Å². The molecule has 0 saturated carbocycles. The van der Waals surface area contributed by atoms with Gasteiger partial charge in [-0.05, 0) is 18.2 Å². The zero-order valence-electron chi connectivity index (χ0n) is 10.7. The van der Waals surface area contributed by atoms with Crippen molar-refractivity contribution in [2.45, 2.75) is 0 Å². The summed E-state index contributed by atoms with van der Waals surface area (Å²) in [7, 11) is 0. The van der Waals surface area contributed by atoms with E-state index in [1.54, 1.807) is 6.33 Å². The molecule has 0 bridgehead atoms. The van der Waals surface area contributed by atoms with Gasteiger partial charge in [-0.25, -0.2) is 9.97 Å². The SMILES string of the molecule is c1ccc(Nc2nc3ccccc3c3nc[nH]c23)cc1. The molecule has 0 atom stereocenters. The van der Waals surface area contributed by atoms with Gasteiger partial charge in [0.25, 0.3) is 0 Å². The molecule has 0 aliphatic rings. The number of rotatable bonds is 2. The summed E-state index contributed by atoms with van der Waals surface area (Å²) >= 11 is 0. The first-order chi connectivity index (χ1) is 9.92. The Bertz CT molecular complexity index is 881. The van der Waals surface area contributed by atoms with E-state index in [4.69, 9.17) is 0 Å². The van der Waals surface area contributed by atoms with Gasteiger partial charge in [0, 0.05) is 11.1 Å². The topological polar surface area (TPSA) is 53.6 Å². The third-order valence-electron chi connectivity index (χ3n) is 3.30. The summed E-state index contributed by atoms with van der Waals surface area (Å²) in [5.74, 6) is 0.794. The molecule has 0 spiro atoms. The van der Waals surface area contributed by atoms with Crippen molar-refractivity contribution in [1.29, 1.82) is 0 Å². The Hall–Kier alpha value is -2.88. The molecule has 0 amide bonds. The number of nitrogens with one attached hydrogen (secondary N) is 2. The number of nitrogens with zero attached hydrogens (tertiary/aromatic N) is 2. The third kappa shape index (κ3) is 1.70. The molecule has 4 rings (SSSR count). The van der Waals surface area contributed by atoms with E-state index < -0.39 is 0 Å². The van der Waals surface area contributed by atoms with Crippen LogP contribution in [0.25, 0.3) is 21.9 Å². The summed E-state index contributed by atoms with van der Waals surface area (Å²) in [6.07, 6.45) is 1.70. The molecule has 0 fully saturated rings. The highest BCUT2D eigenvalue weighted by molar-refractivity contribution is 6.06. The van der Waals surface area contributed by atoms with Crippen LogP contribution in [0.2, 0.25) is 0 Å². The zero-order chi connectivity index (χ0) is 13.4. The van der Waals surface area contributed by atoms with Crippen molar-refractivity contribution in [3.05, 3.63) is 60.9 Å². The van der Waals surface area contributed by atoms with Crippen molar-refractivity contribution >= 4 is 33.4 Å². The van der Waals surface area contributed by atoms with Crippen LogP contribution < -0.4 is 5.32 Å². The highest BCUT2D eigenvalue weighted by atomic mass is 15.0. The minimum Gasteiger partial charge on any atom is -0.342 e. The van der Waals surface area contributed by atoms with Gasteiger partial charge in [0.1, 0.15) is 11.0 Å². The zero-order valence-corrected chi connectivity index (χ0v) is 10.7. The summed E-state index contributed by atoms with van der Waals surface area (Å²) in [6, 6.07) is 18.0. The molecule has 2 aromatic heterocycles. The van der Waals surface area contributed by atoms with Gasteiger partial charge in [0.15, 0.2) is 5.82 Å². The number of hydrogen-bond donors (Lipinski definition) is 2. The van der Waals surface area contributed by atoms with Crippen molar-refractivity contribution in [2.24, 2.45) is 0 Å². The Balaban J connectivity index is 1.95. The van der Waals surface area contributed by atoms with Crippen molar-refractivity contribution in [3.8, 4) is 0 Å². The minimum atomic E-state index is 0.794. The molecule has 4 aromatic rings. The largest absolute Gasteiger partial charge is 0.342 e. The first-order valence-corrected chi connectivity index (χ1v) is 6.46. The van der Waals surface area contributed by atoms with Gasteiger partial charge >= 0.3 is 0 Å². The average Bonchev–Trinajstić information content (AvgIpc) is 2.98. The van der Waals surface area contributed by atoms with Gasteiger partial charge in [0.05, 0.1) is 11.8 Å². The van der Waals surface area contributed by atoms with E-state index in [-0.39, 0.29) is 0 Å². The number of fused-ring (bicyclic) bond motifs is 3. The molecule has 0 aliphatic heterocycles. The first-order valence-electron chi connectivity index (χ1n) is 6.46. The van der Waals surface area contributed by atoms with Crippen LogP contribution in [0, 0.1) is 0 Å². The van der Waals surface area contributed by atoms with Crippen LogP contribution in [0.4, 0.5) is 11.5 Å². The number of imidazole rings is 1. The molecule has 4 heteroatoms. The van der Waals surface area contributed by atoms with E-state index in [1.807, 2.05) is 54.6 Å². The second-order valence-electron chi connectivity index (χ2n) is 4.59. The quantitative estimate of drug-likeness (QED) is 0.575. The van der Waals surface area contributed by atoms with Crippen LogP contribution in [0.5, 0.6) is 0 Å². The standard InChI is InChI=1S/C16H12N4/c1-2-6-11(7-3-1)19-16-15-14(17-10-18-15)12-8-4-5-9-13(12)20-16/h1-10H,(H,17,18)(H,19,20). The maximum Gasteiger partial charge on any atom is 0.157 e. The second-order valence-corrected chi connectivity index (χ2v) is 4.59. The molecule has 2 heterocycles. The smallest absolute Gasteiger partial charge is 0.157 e. The Kier molecular flexibility index (Phi) is 2.39. The molecule has 0 aliphatic carbocycles. The van der Waals surface area contributed by atoms with Gasteiger partial charge in [0.2, 0.25) is 0 Å². The van der Waals surface area contributed by atoms with Crippen LogP contribution in [-0.4, -0.2) is 15.0 Å². The molecule has 0 unspecified atom stereocenters. The van der Waals surface area contributed by atoms with Crippen LogP contribution in [0.1, 0.15) is 0 Å². The number of aromatic nitrogens is 3. The number of benzene rings is 2. The lowest BCUT2D eigenvalue weighted by Gasteiger charge is -2.08. The lowest BCUT2D eigenvalue weighted by Crippen LogP contribution is -1.95. The molecule has 2 aromatic carbocycles. The summed E-state index contributed by atoms with van der Waals surface area (Å²) in [4.78, 5) is 12.3. The Morgan fingerprint density at radius 3 is 2.60 bits per heavy atom. The van der Waals surface area contributed by atoms with E-state index in [9.17, 15) is 0 Å². The van der Waals surface area contributed by atoms with E-state index >= 15 is 0 Å². The highest BCUT2D eigenvalue weighted by Gasteiger charge is 2.10. The van der Waals surface area contributed by atoms with Crippen LogP contribution in [0.3, 0.4) is 0 Å². The normalized spacial score (nSPS) is 11.0. The molecule has 0 radical (unpaired) electrons. The summed E-state index contributed by atoms with van der Waals surface area (Å²) < 4.78 is 0. The first kappa shape index (κ1) is 11.0. The number of H-pyrrole nitrogens is 1. The Morgan fingerprint density at radius 2 is 1.70 bits per heavy atom. The van der Waals surface area contributed by atoms with Gasteiger partial charge < -0.3 is 10.3 Å². The van der Waals surface area contributed by atoms with Crippen molar-refractivity contribution < 1.29 is 0 Å². The van der Waals surface area contributed by atoms with Crippen LogP contribution >= 0.6 is 0 Å². The molecule has 2 N–H and O–H groups in total. The summed E-state index contributed by atoms with van der Waals surface area (Å²) in [5.41, 5.74) is 3.80. The predicted molar refractivity (Wildman–Crippen MR) is 81.1 cm³/mol. The Morgan fingerprint density at radius 1 is 0.900 bits per heavy atom. The van der Waals surface area contributed by atoms with E-state index in [0.29, 0.717) is 0 Å². The van der Waals surface area contributed by atoms with Gasteiger partial charge in [-0.2, -0.15) is 0 Å². The van der Waals surface area contributed by atoms with Gasteiger partial charge in [-0.15, -0.1) is 0 Å². The van der Waals surface area contributed by atoms with E-state index in [1.165, 1.54) is 0 Å². The number of para-hydroxylation sites is 2. The van der Waals surface area contributed by atoms with E-state index in [0.717, 1.165) is 33.4 Å². The summed E-state index contributed by atoms with van der Waals surface area (Å²) in [5, 5.41) is 4.40. The second kappa shape index (κ2) is 4.35. The van der Waals surface area contributed by atoms with Crippen molar-refractivity contribution in [2.75, 3.05) is 5.32 Å². The van der Waals surface area contributed by atoms with E-state index in [2.05, 4.69) is 20.3 Å². The molecule has 0 saturated heterocycles. The minimum absolute atomic E-state index is 0.794. The highest BCUT2D eigenvalue weighted by Crippen LogP contribution is 2.28. The Labute approximate surface area is 115 Å². The van der Waals surface area contributed by atoms with Crippen molar-refractivity contribution in [1.82, 2.24) is 15.0 Å². The molecule has 96 valence electrons. The number of anilines is 2. The number of hydrogen-bond acceptors (Lipinski definition) is 3. The fourth-order valence-corrected chi connectivity index (χ4v) is 2.38. The fraction of sp³-hybridized carbons (Fsp3) is 0. The molecular weight excluding hydrogens is 248 g/mol. The third-order valence-corrected chi connectivity index (χ3v) is 3.30. The van der Waals surface area contributed by atoms with Crippen molar-refractivity contribution in [3.63, 3.8) is 0 Å². The number of pyridine rings is 1. The predicted octanol–water partition coefficient (Wildman–Crippen LogP) is 3.85. The van der Waals surface area contributed by atoms with Gasteiger partial charge in [-0.1, -0.05) is 36.4 Å².